The molecule has 0 bridgehead atoms. The molecular formula is C7H6ClFN. The summed E-state index contributed by atoms with van der Waals surface area (Å²) in [5.74, 6) is -0.463. The maximum Gasteiger partial charge on any atom is 0.137 e. The summed E-state index contributed by atoms with van der Waals surface area (Å²) in [6, 6.07) is 5.42. The molecule has 0 aromatic heterocycles. The fourth-order valence-electron chi connectivity index (χ4n) is 0.631. The third-order valence-corrected chi connectivity index (χ3v) is 1.38. The van der Waals surface area contributed by atoms with E-state index in [9.17, 15) is 4.39 Å². The molecule has 1 aromatic rings. The molecule has 1 rings (SSSR count). The van der Waals surface area contributed by atoms with E-state index in [-0.39, 0.29) is 11.6 Å². The summed E-state index contributed by atoms with van der Waals surface area (Å²) in [6.45, 7) is 0.180. The van der Waals surface area contributed by atoms with Crippen LogP contribution in [0.3, 0.4) is 0 Å². The van der Waals surface area contributed by atoms with Gasteiger partial charge in [-0.2, -0.15) is 0 Å². The van der Waals surface area contributed by atoms with Gasteiger partial charge in [-0.1, -0.05) is 17.7 Å². The van der Waals surface area contributed by atoms with Crippen LogP contribution in [0.4, 0.5) is 4.39 Å². The fraction of sp³-hybridized carbons (Fsp3) is 0.143. The van der Waals surface area contributed by atoms with Crippen molar-refractivity contribution < 1.29 is 4.39 Å². The van der Waals surface area contributed by atoms with Gasteiger partial charge in [0, 0.05) is 18.2 Å². The minimum atomic E-state index is -0.463. The zero-order valence-corrected chi connectivity index (χ0v) is 5.95. The molecule has 0 fully saturated rings. The van der Waals surface area contributed by atoms with E-state index in [1.165, 1.54) is 0 Å². The summed E-state index contributed by atoms with van der Waals surface area (Å²) in [5, 5.41) is 0.273. The van der Waals surface area contributed by atoms with Gasteiger partial charge in [-0.15, -0.1) is 0 Å². The van der Waals surface area contributed by atoms with Crippen molar-refractivity contribution in [2.24, 2.45) is 5.73 Å². The molecule has 0 unspecified atom stereocenters. The van der Waals surface area contributed by atoms with E-state index in [2.05, 4.69) is 6.07 Å². The van der Waals surface area contributed by atoms with Crippen molar-refractivity contribution in [3.8, 4) is 0 Å². The Hall–Kier alpha value is -0.600. The molecule has 3 heteroatoms. The first kappa shape index (κ1) is 7.51. The zero-order chi connectivity index (χ0) is 7.56. The van der Waals surface area contributed by atoms with Gasteiger partial charge in [0.05, 0.1) is 5.02 Å². The van der Waals surface area contributed by atoms with Crippen LogP contribution >= 0.6 is 11.6 Å². The second-order valence-electron chi connectivity index (χ2n) is 1.85. The van der Waals surface area contributed by atoms with Crippen LogP contribution in [0.2, 0.25) is 5.02 Å². The number of benzene rings is 1. The summed E-state index contributed by atoms with van der Waals surface area (Å²) in [4.78, 5) is 0. The smallest absolute Gasteiger partial charge is 0.137 e. The SMILES string of the molecule is NCc1ccc(Cl)[c]c1F. The lowest BCUT2D eigenvalue weighted by atomic mass is 10.2. The normalized spacial score (nSPS) is 9.90. The van der Waals surface area contributed by atoms with Gasteiger partial charge in [-0.25, -0.2) is 4.39 Å². The zero-order valence-electron chi connectivity index (χ0n) is 5.20. The Morgan fingerprint density at radius 1 is 1.60 bits per heavy atom. The average Bonchev–Trinajstić information content (AvgIpc) is 1.88. The molecule has 0 amide bonds. The summed E-state index contributed by atoms with van der Waals surface area (Å²) in [7, 11) is 0. The van der Waals surface area contributed by atoms with Gasteiger partial charge in [0.2, 0.25) is 0 Å². The van der Waals surface area contributed by atoms with Crippen molar-refractivity contribution >= 4 is 11.6 Å². The lowest BCUT2D eigenvalue weighted by Crippen LogP contribution is -1.98. The minimum absolute atomic E-state index is 0.180. The monoisotopic (exact) mass is 158 g/mol. The predicted molar refractivity (Wildman–Crippen MR) is 38.1 cm³/mol. The van der Waals surface area contributed by atoms with Crippen LogP contribution in [0.5, 0.6) is 0 Å². The highest BCUT2D eigenvalue weighted by atomic mass is 35.5. The van der Waals surface area contributed by atoms with Crippen LogP contribution in [-0.2, 0) is 6.54 Å². The Bertz CT molecular complexity index is 237. The predicted octanol–water partition coefficient (Wildman–Crippen LogP) is 1.74. The van der Waals surface area contributed by atoms with E-state index in [0.29, 0.717) is 5.56 Å². The number of hydrogen-bond donors (Lipinski definition) is 1. The molecule has 0 spiro atoms. The van der Waals surface area contributed by atoms with E-state index in [0.717, 1.165) is 0 Å². The molecule has 10 heavy (non-hydrogen) atoms. The Labute approximate surface area is 63.6 Å². The minimum Gasteiger partial charge on any atom is -0.326 e. The van der Waals surface area contributed by atoms with Crippen LogP contribution in [0, 0.1) is 11.9 Å². The summed E-state index contributed by atoms with van der Waals surface area (Å²) in [6.07, 6.45) is 0. The molecule has 0 saturated heterocycles. The molecule has 1 nitrogen and oxygen atoms in total. The number of hydrogen-bond acceptors (Lipinski definition) is 1. The highest BCUT2D eigenvalue weighted by molar-refractivity contribution is 6.30. The van der Waals surface area contributed by atoms with Crippen LogP contribution in [0.15, 0.2) is 12.1 Å². The van der Waals surface area contributed by atoms with Crippen molar-refractivity contribution in [2.75, 3.05) is 0 Å². The maximum absolute atomic E-state index is 12.6. The molecule has 1 radical (unpaired) electrons. The van der Waals surface area contributed by atoms with E-state index >= 15 is 0 Å². The number of rotatable bonds is 1. The molecule has 1 aromatic carbocycles. The van der Waals surface area contributed by atoms with E-state index in [1.807, 2.05) is 0 Å². The van der Waals surface area contributed by atoms with Gasteiger partial charge in [0.1, 0.15) is 5.82 Å². The fourth-order valence-corrected chi connectivity index (χ4v) is 0.777. The van der Waals surface area contributed by atoms with Gasteiger partial charge in [-0.05, 0) is 6.07 Å². The van der Waals surface area contributed by atoms with Crippen molar-refractivity contribution in [2.45, 2.75) is 6.54 Å². The van der Waals surface area contributed by atoms with Gasteiger partial charge in [0.15, 0.2) is 0 Å². The first-order valence-electron chi connectivity index (χ1n) is 2.80. The average molecular weight is 159 g/mol. The highest BCUT2D eigenvalue weighted by Crippen LogP contribution is 2.12. The quantitative estimate of drug-likeness (QED) is 0.662. The van der Waals surface area contributed by atoms with Crippen molar-refractivity contribution in [3.05, 3.63) is 34.6 Å². The summed E-state index contributed by atoms with van der Waals surface area (Å²) < 4.78 is 12.6. The lowest BCUT2D eigenvalue weighted by Gasteiger charge is -1.96. The second kappa shape index (κ2) is 2.99. The molecule has 0 aliphatic heterocycles. The second-order valence-corrected chi connectivity index (χ2v) is 2.26. The van der Waals surface area contributed by atoms with Crippen molar-refractivity contribution in [1.29, 1.82) is 0 Å². The van der Waals surface area contributed by atoms with E-state index in [4.69, 9.17) is 17.3 Å². The van der Waals surface area contributed by atoms with Crippen LogP contribution in [0.1, 0.15) is 5.56 Å². The Balaban J connectivity index is 3.07. The van der Waals surface area contributed by atoms with Crippen LogP contribution < -0.4 is 5.73 Å². The first-order chi connectivity index (χ1) is 4.74. The maximum atomic E-state index is 12.6. The molecule has 2 N–H and O–H groups in total. The largest absolute Gasteiger partial charge is 0.326 e. The topological polar surface area (TPSA) is 26.0 Å². The number of halogens is 2. The van der Waals surface area contributed by atoms with Gasteiger partial charge < -0.3 is 5.73 Å². The van der Waals surface area contributed by atoms with Gasteiger partial charge in [0.25, 0.3) is 0 Å². The Kier molecular flexibility index (Phi) is 2.25. The lowest BCUT2D eigenvalue weighted by molar-refractivity contribution is 0.608. The van der Waals surface area contributed by atoms with Crippen molar-refractivity contribution in [1.82, 2.24) is 0 Å². The Morgan fingerprint density at radius 2 is 2.30 bits per heavy atom. The third kappa shape index (κ3) is 1.46. The third-order valence-electron chi connectivity index (χ3n) is 1.16. The highest BCUT2D eigenvalue weighted by Gasteiger charge is 1.99. The molecule has 0 aliphatic rings. The van der Waals surface area contributed by atoms with E-state index < -0.39 is 5.82 Å². The molecule has 0 atom stereocenters. The molecule has 0 heterocycles. The summed E-state index contributed by atoms with van der Waals surface area (Å²) >= 11 is 5.44. The molecule has 0 aliphatic carbocycles. The Morgan fingerprint density at radius 3 is 2.80 bits per heavy atom. The van der Waals surface area contributed by atoms with Crippen LogP contribution in [-0.4, -0.2) is 0 Å². The number of nitrogens with two attached hydrogens (primary N) is 1. The van der Waals surface area contributed by atoms with E-state index in [1.54, 1.807) is 12.1 Å². The summed E-state index contributed by atoms with van der Waals surface area (Å²) in [5.41, 5.74) is 5.63. The van der Waals surface area contributed by atoms with Gasteiger partial charge >= 0.3 is 0 Å². The molecule has 53 valence electrons. The molecular weight excluding hydrogens is 153 g/mol. The van der Waals surface area contributed by atoms with Crippen molar-refractivity contribution in [3.63, 3.8) is 0 Å². The first-order valence-corrected chi connectivity index (χ1v) is 3.18. The van der Waals surface area contributed by atoms with Gasteiger partial charge in [-0.3, -0.25) is 0 Å². The van der Waals surface area contributed by atoms with Crippen LogP contribution in [0.25, 0.3) is 0 Å². The standard InChI is InChI=1S/C7H6ClFN/c8-6-2-1-5(4-10)7(9)3-6/h1-2H,4,10H2. The molecule has 0 saturated carbocycles.